The van der Waals surface area contributed by atoms with Crippen molar-refractivity contribution in [1.82, 2.24) is 20.5 Å². The molecule has 3 heterocycles. The highest BCUT2D eigenvalue weighted by Gasteiger charge is 2.45. The van der Waals surface area contributed by atoms with Gasteiger partial charge >= 0.3 is 0 Å². The van der Waals surface area contributed by atoms with Crippen molar-refractivity contribution in [3.63, 3.8) is 0 Å². The van der Waals surface area contributed by atoms with Gasteiger partial charge in [0.2, 0.25) is 11.8 Å². The molecule has 1 aromatic heterocycles. The van der Waals surface area contributed by atoms with E-state index in [0.717, 1.165) is 30.9 Å². The highest BCUT2D eigenvalue weighted by Crippen LogP contribution is 2.28. The van der Waals surface area contributed by atoms with E-state index in [9.17, 15) is 4.79 Å². The van der Waals surface area contributed by atoms with Crippen LogP contribution in [0, 0.1) is 6.92 Å². The fourth-order valence-electron chi connectivity index (χ4n) is 3.45. The van der Waals surface area contributed by atoms with Crippen molar-refractivity contribution in [1.29, 1.82) is 0 Å². The van der Waals surface area contributed by atoms with Crippen molar-refractivity contribution in [3.8, 4) is 11.5 Å². The Morgan fingerprint density at radius 2 is 2.08 bits per heavy atom. The van der Waals surface area contributed by atoms with E-state index in [-0.39, 0.29) is 11.4 Å². The summed E-state index contributed by atoms with van der Waals surface area (Å²) >= 11 is 0. The van der Waals surface area contributed by atoms with Crippen molar-refractivity contribution >= 4 is 5.91 Å². The fourth-order valence-corrected chi connectivity index (χ4v) is 3.45. The normalized spacial score (nSPS) is 20.5. The van der Waals surface area contributed by atoms with Gasteiger partial charge in [-0.25, -0.2) is 4.98 Å². The number of aromatic nitrogens is 1. The SMILES string of the molecule is Cc1ccc(-c2nc(CN3CCNC(=O)CC34CNC4)co2)cc1. The zero-order valence-electron chi connectivity index (χ0n) is 13.8. The summed E-state index contributed by atoms with van der Waals surface area (Å²) < 4.78 is 5.67. The molecule has 0 radical (unpaired) electrons. The number of amides is 1. The second kappa shape index (κ2) is 6.03. The first kappa shape index (κ1) is 15.4. The summed E-state index contributed by atoms with van der Waals surface area (Å²) in [5.41, 5.74) is 3.03. The van der Waals surface area contributed by atoms with Crippen LogP contribution in [0.4, 0.5) is 0 Å². The van der Waals surface area contributed by atoms with Crippen molar-refractivity contribution in [3.05, 3.63) is 41.8 Å². The van der Waals surface area contributed by atoms with Crippen molar-refractivity contribution in [2.75, 3.05) is 26.2 Å². The van der Waals surface area contributed by atoms with Crippen LogP contribution in [0.25, 0.3) is 11.5 Å². The van der Waals surface area contributed by atoms with Crippen LogP contribution >= 0.6 is 0 Å². The van der Waals surface area contributed by atoms with E-state index in [0.29, 0.717) is 25.4 Å². The molecule has 0 atom stereocenters. The van der Waals surface area contributed by atoms with E-state index in [2.05, 4.69) is 39.6 Å². The minimum Gasteiger partial charge on any atom is -0.444 e. The van der Waals surface area contributed by atoms with Gasteiger partial charge < -0.3 is 15.1 Å². The number of rotatable bonds is 3. The monoisotopic (exact) mass is 326 g/mol. The lowest BCUT2D eigenvalue weighted by Crippen LogP contribution is -2.69. The second-order valence-electron chi connectivity index (χ2n) is 6.79. The lowest BCUT2D eigenvalue weighted by Gasteiger charge is -2.49. The van der Waals surface area contributed by atoms with E-state index >= 15 is 0 Å². The highest BCUT2D eigenvalue weighted by atomic mass is 16.3. The summed E-state index contributed by atoms with van der Waals surface area (Å²) in [4.78, 5) is 18.9. The first-order valence-corrected chi connectivity index (χ1v) is 8.39. The van der Waals surface area contributed by atoms with Crippen LogP contribution in [0.1, 0.15) is 17.7 Å². The number of hydrogen-bond acceptors (Lipinski definition) is 5. The summed E-state index contributed by atoms with van der Waals surface area (Å²) in [5.74, 6) is 0.786. The molecule has 1 spiro atoms. The molecule has 24 heavy (non-hydrogen) atoms. The number of nitrogens with zero attached hydrogens (tertiary/aromatic N) is 2. The molecule has 0 aliphatic carbocycles. The lowest BCUT2D eigenvalue weighted by molar-refractivity contribution is -0.123. The minimum absolute atomic E-state index is 0.0798. The van der Waals surface area contributed by atoms with Crippen LogP contribution in [0.2, 0.25) is 0 Å². The van der Waals surface area contributed by atoms with Crippen molar-refractivity contribution in [2.24, 2.45) is 0 Å². The highest BCUT2D eigenvalue weighted by molar-refractivity contribution is 5.78. The van der Waals surface area contributed by atoms with Crippen LogP contribution in [0.5, 0.6) is 0 Å². The van der Waals surface area contributed by atoms with Gasteiger partial charge in [-0.05, 0) is 19.1 Å². The average Bonchev–Trinajstić information content (AvgIpc) is 2.92. The van der Waals surface area contributed by atoms with Crippen LogP contribution in [0.3, 0.4) is 0 Å². The Bertz CT molecular complexity index is 734. The standard InChI is InChI=1S/C18H22N4O2/c1-13-2-4-14(5-3-13)17-21-15(10-24-17)9-22-7-6-20-16(23)8-18(22)11-19-12-18/h2-5,10,19H,6-9,11-12H2,1H3,(H,20,23). The number of benzene rings is 1. The van der Waals surface area contributed by atoms with Gasteiger partial charge in [-0.15, -0.1) is 0 Å². The third-order valence-electron chi connectivity index (χ3n) is 4.98. The summed E-state index contributed by atoms with van der Waals surface area (Å²) in [6.07, 6.45) is 2.28. The van der Waals surface area contributed by atoms with Gasteiger partial charge in [0, 0.05) is 44.7 Å². The van der Waals surface area contributed by atoms with Gasteiger partial charge in [0.15, 0.2) is 0 Å². The largest absolute Gasteiger partial charge is 0.444 e. The van der Waals surface area contributed by atoms with E-state index < -0.39 is 0 Å². The summed E-state index contributed by atoms with van der Waals surface area (Å²) in [5, 5.41) is 6.27. The first-order valence-electron chi connectivity index (χ1n) is 8.39. The number of nitrogens with one attached hydrogen (secondary N) is 2. The van der Waals surface area contributed by atoms with Gasteiger partial charge in [0.25, 0.3) is 0 Å². The van der Waals surface area contributed by atoms with Gasteiger partial charge in [0.05, 0.1) is 11.2 Å². The molecule has 2 aromatic rings. The molecule has 0 unspecified atom stereocenters. The maximum Gasteiger partial charge on any atom is 0.226 e. The summed E-state index contributed by atoms with van der Waals surface area (Å²) in [6.45, 7) is 5.98. The number of hydrogen-bond donors (Lipinski definition) is 2. The van der Waals surface area contributed by atoms with Crippen LogP contribution in [-0.2, 0) is 11.3 Å². The molecule has 2 fully saturated rings. The molecule has 6 nitrogen and oxygen atoms in total. The molecule has 0 saturated carbocycles. The topological polar surface area (TPSA) is 70.4 Å². The fraction of sp³-hybridized carbons (Fsp3) is 0.444. The van der Waals surface area contributed by atoms with Gasteiger partial charge in [-0.3, -0.25) is 9.69 Å². The Hall–Kier alpha value is -2.18. The molecular formula is C18H22N4O2. The van der Waals surface area contributed by atoms with Crippen molar-refractivity contribution in [2.45, 2.75) is 25.4 Å². The predicted octanol–water partition coefficient (Wildman–Crippen LogP) is 1.31. The molecule has 4 rings (SSSR count). The number of carbonyl (C=O) groups is 1. The molecule has 2 aliphatic rings. The smallest absolute Gasteiger partial charge is 0.226 e. The van der Waals surface area contributed by atoms with E-state index in [4.69, 9.17) is 4.42 Å². The van der Waals surface area contributed by atoms with Crippen molar-refractivity contribution < 1.29 is 9.21 Å². The van der Waals surface area contributed by atoms with Gasteiger partial charge in [0.1, 0.15) is 6.26 Å². The van der Waals surface area contributed by atoms with Gasteiger partial charge in [-0.2, -0.15) is 0 Å². The molecule has 1 amide bonds. The number of carbonyl (C=O) groups excluding carboxylic acids is 1. The van der Waals surface area contributed by atoms with E-state index in [1.165, 1.54) is 5.56 Å². The number of aryl methyl sites for hydroxylation is 1. The van der Waals surface area contributed by atoms with Crippen LogP contribution < -0.4 is 10.6 Å². The molecular weight excluding hydrogens is 304 g/mol. The Labute approximate surface area is 141 Å². The zero-order chi connectivity index (χ0) is 16.6. The number of oxazole rings is 1. The maximum absolute atomic E-state index is 11.9. The maximum atomic E-state index is 11.9. The van der Waals surface area contributed by atoms with Gasteiger partial charge in [-0.1, -0.05) is 17.7 Å². The molecule has 2 aliphatic heterocycles. The molecule has 2 saturated heterocycles. The summed E-state index contributed by atoms with van der Waals surface area (Å²) in [7, 11) is 0. The summed E-state index contributed by atoms with van der Waals surface area (Å²) in [6, 6.07) is 8.16. The Morgan fingerprint density at radius 3 is 2.79 bits per heavy atom. The minimum atomic E-state index is -0.0798. The average molecular weight is 326 g/mol. The quantitative estimate of drug-likeness (QED) is 0.890. The Balaban J connectivity index is 1.52. The second-order valence-corrected chi connectivity index (χ2v) is 6.79. The third kappa shape index (κ3) is 2.83. The lowest BCUT2D eigenvalue weighted by atomic mass is 9.86. The Morgan fingerprint density at radius 1 is 1.29 bits per heavy atom. The third-order valence-corrected chi connectivity index (χ3v) is 4.98. The molecule has 0 bridgehead atoms. The zero-order valence-corrected chi connectivity index (χ0v) is 13.8. The molecule has 1 aromatic carbocycles. The molecule has 6 heteroatoms. The van der Waals surface area contributed by atoms with Crippen LogP contribution in [-0.4, -0.2) is 47.5 Å². The van der Waals surface area contributed by atoms with Crippen LogP contribution in [0.15, 0.2) is 34.9 Å². The Kier molecular flexibility index (Phi) is 3.86. The first-order chi connectivity index (χ1) is 11.6. The van der Waals surface area contributed by atoms with E-state index in [1.807, 2.05) is 12.1 Å². The molecule has 126 valence electrons. The molecule has 2 N–H and O–H groups in total. The predicted molar refractivity (Wildman–Crippen MR) is 90.3 cm³/mol. The van der Waals surface area contributed by atoms with E-state index in [1.54, 1.807) is 6.26 Å².